The van der Waals surface area contributed by atoms with Crippen LogP contribution >= 0.6 is 0 Å². The molecule has 5 heteroatoms. The summed E-state index contributed by atoms with van der Waals surface area (Å²) in [6.45, 7) is 0. The number of nitrogens with two attached hydrogens (primary N) is 1. The largest absolute Gasteiger partial charge is 0.397 e. The molecule has 84 valence electrons. The molecule has 1 aromatic heterocycles. The molecule has 0 amide bonds. The van der Waals surface area contributed by atoms with Crippen molar-refractivity contribution in [1.29, 1.82) is 5.26 Å². The summed E-state index contributed by atoms with van der Waals surface area (Å²) < 4.78 is 13.1. The maximum absolute atomic E-state index is 13.1. The maximum Gasteiger partial charge on any atom is 0.141 e. The minimum atomic E-state index is -0.539. The molecule has 0 radical (unpaired) electrons. The molecule has 0 saturated heterocycles. The number of halogens is 1. The number of nitrogens with one attached hydrogen (secondary N) is 1. The van der Waals surface area contributed by atoms with E-state index in [-0.39, 0.29) is 5.56 Å². The Morgan fingerprint density at radius 1 is 1.29 bits per heavy atom. The molecule has 0 saturated carbocycles. The zero-order valence-electron chi connectivity index (χ0n) is 8.81. The zero-order chi connectivity index (χ0) is 12.3. The van der Waals surface area contributed by atoms with Gasteiger partial charge >= 0.3 is 0 Å². The molecule has 17 heavy (non-hydrogen) atoms. The Kier molecular flexibility index (Phi) is 2.88. The first-order valence-corrected chi connectivity index (χ1v) is 4.87. The standard InChI is InChI=1S/C12H9FN4/c13-11-3-2-10(5-8(11)6-14)17-12-4-1-9(15)7-16-12/h1-5,7H,15H2,(H,16,17). The molecule has 0 fully saturated rings. The Morgan fingerprint density at radius 2 is 2.12 bits per heavy atom. The molecule has 0 atom stereocenters. The fourth-order valence-electron chi connectivity index (χ4n) is 1.32. The van der Waals surface area contributed by atoms with Gasteiger partial charge in [0.25, 0.3) is 0 Å². The van der Waals surface area contributed by atoms with E-state index in [1.807, 2.05) is 0 Å². The first-order valence-electron chi connectivity index (χ1n) is 4.87. The van der Waals surface area contributed by atoms with E-state index in [9.17, 15) is 4.39 Å². The van der Waals surface area contributed by atoms with Gasteiger partial charge in [-0.3, -0.25) is 0 Å². The number of nitriles is 1. The van der Waals surface area contributed by atoms with Crippen LogP contribution in [0.2, 0.25) is 0 Å². The number of rotatable bonds is 2. The summed E-state index contributed by atoms with van der Waals surface area (Å²) in [5.41, 5.74) is 6.65. The minimum absolute atomic E-state index is 0.00885. The lowest BCUT2D eigenvalue weighted by atomic mass is 10.2. The molecule has 2 rings (SSSR count). The van der Waals surface area contributed by atoms with Crippen LogP contribution in [0, 0.1) is 17.1 Å². The van der Waals surface area contributed by atoms with Crippen molar-refractivity contribution in [3.05, 3.63) is 47.9 Å². The third-order valence-electron chi connectivity index (χ3n) is 2.15. The fraction of sp³-hybridized carbons (Fsp3) is 0. The van der Waals surface area contributed by atoms with Crippen LogP contribution in [-0.2, 0) is 0 Å². The molecule has 0 spiro atoms. The van der Waals surface area contributed by atoms with Gasteiger partial charge in [-0.05, 0) is 30.3 Å². The van der Waals surface area contributed by atoms with Gasteiger partial charge in [0.2, 0.25) is 0 Å². The predicted octanol–water partition coefficient (Wildman–Crippen LogP) is 2.42. The molecule has 0 aliphatic rings. The summed E-state index contributed by atoms with van der Waals surface area (Å²) in [7, 11) is 0. The molecule has 0 bridgehead atoms. The Labute approximate surface area is 97.5 Å². The first kappa shape index (κ1) is 10.9. The highest BCUT2D eigenvalue weighted by molar-refractivity contribution is 5.59. The molecule has 4 nitrogen and oxygen atoms in total. The van der Waals surface area contributed by atoms with Crippen molar-refractivity contribution < 1.29 is 4.39 Å². The van der Waals surface area contributed by atoms with Crippen molar-refractivity contribution in [2.45, 2.75) is 0 Å². The second-order valence-electron chi connectivity index (χ2n) is 3.41. The number of anilines is 3. The fourth-order valence-corrected chi connectivity index (χ4v) is 1.32. The third-order valence-corrected chi connectivity index (χ3v) is 2.15. The summed E-state index contributed by atoms with van der Waals surface area (Å²) in [4.78, 5) is 4.04. The minimum Gasteiger partial charge on any atom is -0.397 e. The van der Waals surface area contributed by atoms with Gasteiger partial charge in [0.15, 0.2) is 0 Å². The molecular formula is C12H9FN4. The van der Waals surface area contributed by atoms with Gasteiger partial charge in [0.05, 0.1) is 17.4 Å². The smallest absolute Gasteiger partial charge is 0.141 e. The van der Waals surface area contributed by atoms with Crippen molar-refractivity contribution >= 4 is 17.2 Å². The number of aromatic nitrogens is 1. The summed E-state index contributed by atoms with van der Waals surface area (Å²) >= 11 is 0. The van der Waals surface area contributed by atoms with E-state index in [1.54, 1.807) is 18.2 Å². The van der Waals surface area contributed by atoms with Crippen molar-refractivity contribution in [3.63, 3.8) is 0 Å². The van der Waals surface area contributed by atoms with E-state index < -0.39 is 5.82 Å². The van der Waals surface area contributed by atoms with E-state index in [0.717, 1.165) is 0 Å². The van der Waals surface area contributed by atoms with Gasteiger partial charge in [-0.1, -0.05) is 0 Å². The van der Waals surface area contributed by atoms with Crippen LogP contribution in [0.5, 0.6) is 0 Å². The number of benzene rings is 1. The topological polar surface area (TPSA) is 74.7 Å². The van der Waals surface area contributed by atoms with Crippen molar-refractivity contribution in [2.24, 2.45) is 0 Å². The summed E-state index contributed by atoms with van der Waals surface area (Å²) in [6, 6.07) is 9.37. The van der Waals surface area contributed by atoms with E-state index >= 15 is 0 Å². The van der Waals surface area contributed by atoms with Crippen LogP contribution < -0.4 is 11.1 Å². The molecule has 1 aromatic carbocycles. The summed E-state index contributed by atoms with van der Waals surface area (Å²) in [5.74, 6) is 0.0398. The van der Waals surface area contributed by atoms with E-state index in [0.29, 0.717) is 17.2 Å². The van der Waals surface area contributed by atoms with E-state index in [4.69, 9.17) is 11.0 Å². The van der Waals surface area contributed by atoms with Crippen LogP contribution in [-0.4, -0.2) is 4.98 Å². The predicted molar refractivity (Wildman–Crippen MR) is 63.0 cm³/mol. The maximum atomic E-state index is 13.1. The van der Waals surface area contributed by atoms with Gasteiger partial charge in [-0.25, -0.2) is 9.37 Å². The summed E-state index contributed by atoms with van der Waals surface area (Å²) in [5, 5.41) is 11.6. The monoisotopic (exact) mass is 228 g/mol. The van der Waals surface area contributed by atoms with E-state index in [1.165, 1.54) is 24.4 Å². The highest BCUT2D eigenvalue weighted by Crippen LogP contribution is 2.18. The van der Waals surface area contributed by atoms with Gasteiger partial charge in [-0.2, -0.15) is 5.26 Å². The summed E-state index contributed by atoms with van der Waals surface area (Å²) in [6.07, 6.45) is 1.51. The van der Waals surface area contributed by atoms with Crippen LogP contribution in [0.3, 0.4) is 0 Å². The lowest BCUT2D eigenvalue weighted by Crippen LogP contribution is -1.95. The van der Waals surface area contributed by atoms with Gasteiger partial charge in [-0.15, -0.1) is 0 Å². The Hall–Kier alpha value is -2.61. The molecule has 1 heterocycles. The molecule has 0 aliphatic heterocycles. The van der Waals surface area contributed by atoms with Gasteiger partial charge in [0, 0.05) is 5.69 Å². The van der Waals surface area contributed by atoms with Gasteiger partial charge in [0.1, 0.15) is 17.7 Å². The van der Waals surface area contributed by atoms with Crippen LogP contribution in [0.15, 0.2) is 36.5 Å². The van der Waals surface area contributed by atoms with Gasteiger partial charge < -0.3 is 11.1 Å². The number of nitrogen functional groups attached to an aromatic ring is 1. The molecule has 3 N–H and O–H groups in total. The van der Waals surface area contributed by atoms with E-state index in [2.05, 4.69) is 10.3 Å². The second kappa shape index (κ2) is 4.49. The highest BCUT2D eigenvalue weighted by Gasteiger charge is 2.03. The molecule has 0 aliphatic carbocycles. The van der Waals surface area contributed by atoms with Crippen molar-refractivity contribution in [2.75, 3.05) is 11.1 Å². The lowest BCUT2D eigenvalue weighted by Gasteiger charge is -2.06. The average Bonchev–Trinajstić information content (AvgIpc) is 2.34. The quantitative estimate of drug-likeness (QED) is 0.827. The number of pyridine rings is 1. The van der Waals surface area contributed by atoms with Crippen molar-refractivity contribution in [1.82, 2.24) is 4.98 Å². The number of hydrogen-bond acceptors (Lipinski definition) is 4. The lowest BCUT2D eigenvalue weighted by molar-refractivity contribution is 0.624. The Balaban J connectivity index is 2.25. The zero-order valence-corrected chi connectivity index (χ0v) is 8.81. The van der Waals surface area contributed by atoms with Crippen molar-refractivity contribution in [3.8, 4) is 6.07 Å². The SMILES string of the molecule is N#Cc1cc(Nc2ccc(N)cn2)ccc1F. The number of hydrogen-bond donors (Lipinski definition) is 2. The normalized spacial score (nSPS) is 9.65. The first-order chi connectivity index (χ1) is 8.19. The molecule has 2 aromatic rings. The third kappa shape index (κ3) is 2.49. The van der Waals surface area contributed by atoms with Crippen LogP contribution in [0.25, 0.3) is 0 Å². The van der Waals surface area contributed by atoms with Crippen LogP contribution in [0.4, 0.5) is 21.6 Å². The Bertz CT molecular complexity index is 572. The van der Waals surface area contributed by atoms with Crippen LogP contribution in [0.1, 0.15) is 5.56 Å². The number of nitrogens with zero attached hydrogens (tertiary/aromatic N) is 2. The highest BCUT2D eigenvalue weighted by atomic mass is 19.1. The average molecular weight is 228 g/mol. The molecular weight excluding hydrogens is 219 g/mol. The molecule has 0 unspecified atom stereocenters. The second-order valence-corrected chi connectivity index (χ2v) is 3.41. The Morgan fingerprint density at radius 3 is 2.76 bits per heavy atom.